The molecule has 5 nitrogen and oxygen atoms in total. The number of carbonyl (C=O) groups excluding carboxylic acids is 2. The number of aliphatic hydroxyl groups is 1. The summed E-state index contributed by atoms with van der Waals surface area (Å²) in [5, 5.41) is 9.57. The van der Waals surface area contributed by atoms with E-state index in [1.165, 1.54) is 161 Å². The Kier molecular flexibility index (Phi) is 38.9. The second-order valence-corrected chi connectivity index (χ2v) is 14.4. The van der Waals surface area contributed by atoms with Gasteiger partial charge in [0.15, 0.2) is 6.10 Å². The second-order valence-electron chi connectivity index (χ2n) is 14.4. The highest BCUT2D eigenvalue weighted by Gasteiger charge is 2.16. The Balaban J connectivity index is 3.50. The molecule has 0 aromatic carbocycles. The van der Waals surface area contributed by atoms with Crippen molar-refractivity contribution in [1.29, 1.82) is 0 Å². The fraction of sp³-hybridized carbons (Fsp3) is 0.907. The lowest BCUT2D eigenvalue weighted by Crippen LogP contribution is -2.28. The summed E-state index contributed by atoms with van der Waals surface area (Å²) in [6, 6.07) is 0. The molecule has 0 bridgehead atoms. The fourth-order valence-corrected chi connectivity index (χ4v) is 6.31. The highest BCUT2D eigenvalue weighted by atomic mass is 16.6. The van der Waals surface area contributed by atoms with Gasteiger partial charge in [-0.1, -0.05) is 193 Å². The zero-order valence-corrected chi connectivity index (χ0v) is 32.3. The van der Waals surface area contributed by atoms with E-state index in [9.17, 15) is 14.7 Å². The van der Waals surface area contributed by atoms with Gasteiger partial charge in [0, 0.05) is 12.8 Å². The topological polar surface area (TPSA) is 72.8 Å². The normalized spacial score (nSPS) is 12.1. The lowest BCUT2D eigenvalue weighted by molar-refractivity contribution is -0.161. The van der Waals surface area contributed by atoms with E-state index in [0.717, 1.165) is 44.9 Å². The summed E-state index contributed by atoms with van der Waals surface area (Å²) in [4.78, 5) is 24.3. The van der Waals surface area contributed by atoms with Crippen LogP contribution in [0.15, 0.2) is 12.2 Å². The quantitative estimate of drug-likeness (QED) is 0.0398. The molecule has 1 atom stereocenters. The molecule has 0 fully saturated rings. The monoisotopic (exact) mass is 679 g/mol. The van der Waals surface area contributed by atoms with Crippen LogP contribution in [0.4, 0.5) is 0 Å². The number of carbonyl (C=O) groups is 2. The van der Waals surface area contributed by atoms with Crippen molar-refractivity contribution in [3.05, 3.63) is 12.2 Å². The smallest absolute Gasteiger partial charge is 0.306 e. The molecule has 0 aliphatic heterocycles. The van der Waals surface area contributed by atoms with Gasteiger partial charge < -0.3 is 14.6 Å². The molecule has 0 aromatic heterocycles. The van der Waals surface area contributed by atoms with Crippen LogP contribution in [0.5, 0.6) is 0 Å². The Morgan fingerprint density at radius 1 is 0.458 bits per heavy atom. The summed E-state index contributed by atoms with van der Waals surface area (Å²) >= 11 is 0. The van der Waals surface area contributed by atoms with Crippen LogP contribution in [-0.2, 0) is 19.1 Å². The van der Waals surface area contributed by atoms with Crippen molar-refractivity contribution in [1.82, 2.24) is 0 Å². The predicted molar refractivity (Wildman–Crippen MR) is 205 cm³/mol. The van der Waals surface area contributed by atoms with Crippen LogP contribution in [0.2, 0.25) is 0 Å². The summed E-state index contributed by atoms with van der Waals surface area (Å²) in [6.45, 7) is 4.15. The minimum Gasteiger partial charge on any atom is -0.462 e. The van der Waals surface area contributed by atoms with Crippen LogP contribution >= 0.6 is 0 Å². The largest absolute Gasteiger partial charge is 0.462 e. The fourth-order valence-electron chi connectivity index (χ4n) is 6.31. The van der Waals surface area contributed by atoms with E-state index in [0.29, 0.717) is 12.8 Å². The zero-order valence-electron chi connectivity index (χ0n) is 32.3. The molecule has 0 aliphatic rings. The molecule has 0 unspecified atom stereocenters. The highest BCUT2D eigenvalue weighted by Crippen LogP contribution is 2.15. The molecule has 0 saturated carbocycles. The first-order valence-corrected chi connectivity index (χ1v) is 21.2. The molecule has 1 N–H and O–H groups in total. The SMILES string of the molecule is CCCCCCCCC/C=C\CCCCCCCC(=O)OC[C@H](CO)OC(=O)CCCCCCCCCCCCCCCCCCCC. The number of esters is 2. The van der Waals surface area contributed by atoms with Crippen LogP contribution < -0.4 is 0 Å². The molecule has 0 aliphatic carbocycles. The number of allylic oxidation sites excluding steroid dienone is 2. The Morgan fingerprint density at radius 2 is 0.771 bits per heavy atom. The van der Waals surface area contributed by atoms with E-state index in [2.05, 4.69) is 26.0 Å². The molecule has 0 rings (SSSR count). The van der Waals surface area contributed by atoms with Crippen LogP contribution in [0.25, 0.3) is 0 Å². The molecular weight excluding hydrogens is 596 g/mol. The lowest BCUT2D eigenvalue weighted by Gasteiger charge is -2.15. The van der Waals surface area contributed by atoms with Crippen molar-refractivity contribution in [2.75, 3.05) is 13.2 Å². The van der Waals surface area contributed by atoms with E-state index in [1.54, 1.807) is 0 Å². The van der Waals surface area contributed by atoms with Gasteiger partial charge in [0.05, 0.1) is 6.61 Å². The predicted octanol–water partition coefficient (Wildman–Crippen LogP) is 13.3. The van der Waals surface area contributed by atoms with Crippen molar-refractivity contribution < 1.29 is 24.2 Å². The zero-order chi connectivity index (χ0) is 35.0. The van der Waals surface area contributed by atoms with E-state index < -0.39 is 6.10 Å². The van der Waals surface area contributed by atoms with Crippen molar-refractivity contribution in [3.63, 3.8) is 0 Å². The van der Waals surface area contributed by atoms with E-state index >= 15 is 0 Å². The van der Waals surface area contributed by atoms with Gasteiger partial charge in [0.25, 0.3) is 0 Å². The maximum Gasteiger partial charge on any atom is 0.306 e. The highest BCUT2D eigenvalue weighted by molar-refractivity contribution is 5.70. The van der Waals surface area contributed by atoms with Crippen LogP contribution in [0.1, 0.15) is 232 Å². The molecule has 48 heavy (non-hydrogen) atoms. The lowest BCUT2D eigenvalue weighted by atomic mass is 10.0. The average Bonchev–Trinajstić information content (AvgIpc) is 3.09. The Hall–Kier alpha value is -1.36. The molecule has 0 amide bonds. The number of ether oxygens (including phenoxy) is 2. The molecule has 0 radical (unpaired) electrons. The van der Waals surface area contributed by atoms with Gasteiger partial charge >= 0.3 is 11.9 Å². The second kappa shape index (κ2) is 40.1. The molecule has 0 saturated heterocycles. The molecule has 0 spiro atoms. The molecule has 5 heteroatoms. The Labute approximate surface area is 299 Å². The summed E-state index contributed by atoms with van der Waals surface area (Å²) in [5.74, 6) is -0.587. The van der Waals surface area contributed by atoms with Gasteiger partial charge in [0.1, 0.15) is 6.61 Å². The first-order chi connectivity index (χ1) is 23.6. The average molecular weight is 679 g/mol. The molecular formula is C43H82O5. The van der Waals surface area contributed by atoms with E-state index in [1.807, 2.05) is 0 Å². The van der Waals surface area contributed by atoms with Crippen LogP contribution in [0.3, 0.4) is 0 Å². The Bertz CT molecular complexity index is 691. The van der Waals surface area contributed by atoms with Crippen molar-refractivity contribution in [3.8, 4) is 0 Å². The minimum absolute atomic E-state index is 0.0641. The van der Waals surface area contributed by atoms with Gasteiger partial charge in [-0.25, -0.2) is 0 Å². The minimum atomic E-state index is -0.768. The standard InChI is InChI=1S/C43H82O5/c1-3-5-7-9-11-13-15-17-19-21-22-24-26-28-30-32-34-36-38-43(46)48-41(39-44)40-47-42(45)37-35-33-31-29-27-25-23-20-18-16-14-12-10-8-6-4-2/h20,23,41,44H,3-19,21-22,24-40H2,1-2H3/b23-20-/t41-/m0/s1. The van der Waals surface area contributed by atoms with Crippen molar-refractivity contribution in [2.45, 2.75) is 238 Å². The first-order valence-electron chi connectivity index (χ1n) is 21.2. The molecule has 0 aromatic rings. The maximum atomic E-state index is 12.2. The van der Waals surface area contributed by atoms with Gasteiger partial charge in [-0.2, -0.15) is 0 Å². The third-order valence-electron chi connectivity index (χ3n) is 9.56. The third-order valence-corrected chi connectivity index (χ3v) is 9.56. The van der Waals surface area contributed by atoms with Gasteiger partial charge in [-0.15, -0.1) is 0 Å². The number of hydrogen-bond acceptors (Lipinski definition) is 5. The van der Waals surface area contributed by atoms with Crippen molar-refractivity contribution >= 4 is 11.9 Å². The molecule has 284 valence electrons. The van der Waals surface area contributed by atoms with Gasteiger partial charge in [0.2, 0.25) is 0 Å². The van der Waals surface area contributed by atoms with Gasteiger partial charge in [-0.3, -0.25) is 9.59 Å². The number of rotatable bonds is 39. The summed E-state index contributed by atoms with van der Waals surface area (Å²) < 4.78 is 10.6. The number of aliphatic hydroxyl groups excluding tert-OH is 1. The Morgan fingerprint density at radius 3 is 1.12 bits per heavy atom. The summed E-state index contributed by atoms with van der Waals surface area (Å²) in [6.07, 6.45) is 45.6. The van der Waals surface area contributed by atoms with E-state index in [-0.39, 0.29) is 25.2 Å². The van der Waals surface area contributed by atoms with Gasteiger partial charge in [-0.05, 0) is 38.5 Å². The third kappa shape index (κ3) is 37.5. The van der Waals surface area contributed by atoms with E-state index in [4.69, 9.17) is 9.47 Å². The van der Waals surface area contributed by atoms with Crippen molar-refractivity contribution in [2.24, 2.45) is 0 Å². The van der Waals surface area contributed by atoms with Crippen LogP contribution in [-0.4, -0.2) is 36.4 Å². The maximum absolute atomic E-state index is 12.2. The first kappa shape index (κ1) is 46.6. The summed E-state index contributed by atoms with van der Waals surface area (Å²) in [5.41, 5.74) is 0. The molecule has 0 heterocycles. The number of unbranched alkanes of at least 4 members (excludes halogenated alkanes) is 29. The number of hydrogen-bond donors (Lipinski definition) is 1. The van der Waals surface area contributed by atoms with Crippen LogP contribution in [0, 0.1) is 0 Å². The summed E-state index contributed by atoms with van der Waals surface area (Å²) in [7, 11) is 0.